The number of methoxy groups -OCH3 is 1. The highest BCUT2D eigenvalue weighted by molar-refractivity contribution is 5.93. The van der Waals surface area contributed by atoms with Crippen LogP contribution in [-0.2, 0) is 9.53 Å². The molecular weight excluding hydrogens is 289 g/mol. The standard InChI is InChI=1S/C13H17F3N2O3/c1-20-11-7-9(17)3-4-10(11)18-12(19)8-21-6-2-5-13(14,15)16/h3-4,7H,2,5-6,8,17H2,1H3,(H,18,19). The fourth-order valence-corrected chi connectivity index (χ4v) is 1.54. The Morgan fingerprint density at radius 1 is 1.38 bits per heavy atom. The summed E-state index contributed by atoms with van der Waals surface area (Å²) >= 11 is 0. The van der Waals surface area contributed by atoms with Crippen molar-refractivity contribution in [3.63, 3.8) is 0 Å². The van der Waals surface area contributed by atoms with Crippen molar-refractivity contribution in [2.45, 2.75) is 19.0 Å². The molecule has 0 unspecified atom stereocenters. The van der Waals surface area contributed by atoms with Gasteiger partial charge in [-0.3, -0.25) is 4.79 Å². The van der Waals surface area contributed by atoms with Gasteiger partial charge in [0.15, 0.2) is 0 Å². The maximum absolute atomic E-state index is 11.9. The molecule has 0 aliphatic heterocycles. The number of rotatable bonds is 7. The van der Waals surface area contributed by atoms with E-state index in [-0.39, 0.29) is 19.6 Å². The number of ether oxygens (including phenoxy) is 2. The second-order valence-corrected chi connectivity index (χ2v) is 4.28. The SMILES string of the molecule is COc1cc(N)ccc1NC(=O)COCCCC(F)(F)F. The van der Waals surface area contributed by atoms with Gasteiger partial charge in [-0.2, -0.15) is 13.2 Å². The van der Waals surface area contributed by atoms with Crippen LogP contribution in [0.4, 0.5) is 24.5 Å². The van der Waals surface area contributed by atoms with Gasteiger partial charge in [0, 0.05) is 24.8 Å². The van der Waals surface area contributed by atoms with E-state index < -0.39 is 18.5 Å². The van der Waals surface area contributed by atoms with Gasteiger partial charge in [-0.05, 0) is 18.6 Å². The largest absolute Gasteiger partial charge is 0.494 e. The third-order valence-electron chi connectivity index (χ3n) is 2.48. The van der Waals surface area contributed by atoms with Crippen molar-refractivity contribution in [1.82, 2.24) is 0 Å². The third-order valence-corrected chi connectivity index (χ3v) is 2.48. The van der Waals surface area contributed by atoms with E-state index in [4.69, 9.17) is 15.2 Å². The summed E-state index contributed by atoms with van der Waals surface area (Å²) in [6.07, 6.45) is -5.31. The Bertz CT molecular complexity index is 478. The summed E-state index contributed by atoms with van der Waals surface area (Å²) in [5.41, 5.74) is 6.47. The zero-order valence-corrected chi connectivity index (χ0v) is 11.5. The molecule has 1 amide bonds. The summed E-state index contributed by atoms with van der Waals surface area (Å²) in [7, 11) is 1.43. The molecule has 1 aromatic rings. The normalized spacial score (nSPS) is 11.2. The quantitative estimate of drug-likeness (QED) is 0.600. The number of hydrogen-bond acceptors (Lipinski definition) is 4. The molecule has 0 aliphatic carbocycles. The van der Waals surface area contributed by atoms with Crippen LogP contribution in [0.5, 0.6) is 5.75 Å². The number of nitrogens with two attached hydrogens (primary N) is 1. The number of carbonyl (C=O) groups excluding carboxylic acids is 1. The number of nitrogen functional groups attached to an aromatic ring is 1. The smallest absolute Gasteiger partial charge is 0.389 e. The number of anilines is 2. The topological polar surface area (TPSA) is 73.6 Å². The monoisotopic (exact) mass is 306 g/mol. The molecule has 0 aromatic heterocycles. The summed E-state index contributed by atoms with van der Waals surface area (Å²) in [5, 5.41) is 2.53. The van der Waals surface area contributed by atoms with Crippen molar-refractivity contribution in [1.29, 1.82) is 0 Å². The molecule has 0 aliphatic rings. The number of halogens is 3. The highest BCUT2D eigenvalue weighted by atomic mass is 19.4. The van der Waals surface area contributed by atoms with Crippen LogP contribution in [0, 0.1) is 0 Å². The van der Waals surface area contributed by atoms with Crippen LogP contribution >= 0.6 is 0 Å². The Morgan fingerprint density at radius 3 is 2.71 bits per heavy atom. The molecule has 3 N–H and O–H groups in total. The molecule has 0 heterocycles. The van der Waals surface area contributed by atoms with E-state index >= 15 is 0 Å². The Morgan fingerprint density at radius 2 is 2.10 bits per heavy atom. The molecule has 0 saturated carbocycles. The van der Waals surface area contributed by atoms with Crippen LogP contribution in [0.15, 0.2) is 18.2 Å². The highest BCUT2D eigenvalue weighted by Gasteiger charge is 2.25. The van der Waals surface area contributed by atoms with Gasteiger partial charge in [-0.25, -0.2) is 0 Å². The van der Waals surface area contributed by atoms with E-state index in [1.54, 1.807) is 18.2 Å². The molecule has 0 fully saturated rings. The van der Waals surface area contributed by atoms with E-state index in [2.05, 4.69) is 5.32 Å². The van der Waals surface area contributed by atoms with Gasteiger partial charge in [-0.15, -0.1) is 0 Å². The molecule has 118 valence electrons. The number of nitrogens with one attached hydrogen (secondary N) is 1. The molecule has 5 nitrogen and oxygen atoms in total. The summed E-state index contributed by atoms with van der Waals surface area (Å²) in [6.45, 7) is -0.461. The highest BCUT2D eigenvalue weighted by Crippen LogP contribution is 2.26. The molecule has 8 heteroatoms. The minimum atomic E-state index is -4.21. The van der Waals surface area contributed by atoms with Crippen molar-refractivity contribution in [2.24, 2.45) is 0 Å². The number of hydrogen-bond donors (Lipinski definition) is 2. The van der Waals surface area contributed by atoms with E-state index in [9.17, 15) is 18.0 Å². The van der Waals surface area contributed by atoms with Gasteiger partial charge in [0.25, 0.3) is 0 Å². The lowest BCUT2D eigenvalue weighted by atomic mass is 10.2. The summed E-state index contributed by atoms with van der Waals surface area (Å²) in [5.74, 6) is -0.0921. The predicted molar refractivity (Wildman–Crippen MR) is 72.1 cm³/mol. The van der Waals surface area contributed by atoms with E-state index in [1.807, 2.05) is 0 Å². The molecule has 1 aromatic carbocycles. The first-order valence-corrected chi connectivity index (χ1v) is 6.19. The van der Waals surface area contributed by atoms with Gasteiger partial charge >= 0.3 is 6.18 Å². The molecule has 0 radical (unpaired) electrons. The van der Waals surface area contributed by atoms with Crippen LogP contribution in [0.1, 0.15) is 12.8 Å². The Hall–Kier alpha value is -1.96. The van der Waals surface area contributed by atoms with Crippen LogP contribution in [-0.4, -0.2) is 32.4 Å². The van der Waals surface area contributed by atoms with Crippen molar-refractivity contribution in [3.05, 3.63) is 18.2 Å². The number of alkyl halides is 3. The second-order valence-electron chi connectivity index (χ2n) is 4.28. The molecule has 0 saturated heterocycles. The van der Waals surface area contributed by atoms with Crippen molar-refractivity contribution in [3.8, 4) is 5.75 Å². The fourth-order valence-electron chi connectivity index (χ4n) is 1.54. The Kier molecular flexibility index (Phi) is 6.29. The Labute approximate surface area is 120 Å². The lowest BCUT2D eigenvalue weighted by Gasteiger charge is -2.11. The van der Waals surface area contributed by atoms with Gasteiger partial charge in [0.2, 0.25) is 5.91 Å². The lowest BCUT2D eigenvalue weighted by molar-refractivity contribution is -0.138. The van der Waals surface area contributed by atoms with Gasteiger partial charge in [0.05, 0.1) is 12.8 Å². The number of benzene rings is 1. The van der Waals surface area contributed by atoms with Gasteiger partial charge < -0.3 is 20.5 Å². The predicted octanol–water partition coefficient (Wildman–Crippen LogP) is 2.58. The first-order chi connectivity index (χ1) is 9.81. The van der Waals surface area contributed by atoms with Gasteiger partial charge in [-0.1, -0.05) is 0 Å². The van der Waals surface area contributed by atoms with E-state index in [0.29, 0.717) is 17.1 Å². The maximum Gasteiger partial charge on any atom is 0.389 e. The molecule has 0 bridgehead atoms. The first kappa shape index (κ1) is 17.1. The minimum absolute atomic E-state index is 0.133. The average molecular weight is 306 g/mol. The van der Waals surface area contributed by atoms with Crippen LogP contribution in [0.25, 0.3) is 0 Å². The lowest BCUT2D eigenvalue weighted by Crippen LogP contribution is -2.19. The molecular formula is C13H17F3N2O3. The summed E-state index contributed by atoms with van der Waals surface area (Å²) in [4.78, 5) is 11.6. The number of carbonyl (C=O) groups is 1. The van der Waals surface area contributed by atoms with E-state index in [1.165, 1.54) is 7.11 Å². The maximum atomic E-state index is 11.9. The fraction of sp³-hybridized carbons (Fsp3) is 0.462. The van der Waals surface area contributed by atoms with Crippen LogP contribution in [0.2, 0.25) is 0 Å². The van der Waals surface area contributed by atoms with Gasteiger partial charge in [0.1, 0.15) is 12.4 Å². The van der Waals surface area contributed by atoms with E-state index in [0.717, 1.165) is 0 Å². The third kappa shape index (κ3) is 6.84. The average Bonchev–Trinajstić information content (AvgIpc) is 2.39. The van der Waals surface area contributed by atoms with Crippen LogP contribution < -0.4 is 15.8 Å². The summed E-state index contributed by atoms with van der Waals surface area (Å²) < 4.78 is 45.6. The van der Waals surface area contributed by atoms with Crippen molar-refractivity contribution >= 4 is 17.3 Å². The van der Waals surface area contributed by atoms with Crippen molar-refractivity contribution < 1.29 is 27.4 Å². The van der Waals surface area contributed by atoms with Crippen molar-refractivity contribution in [2.75, 3.05) is 31.4 Å². The molecule has 0 atom stereocenters. The summed E-state index contributed by atoms with van der Waals surface area (Å²) in [6, 6.07) is 4.69. The minimum Gasteiger partial charge on any atom is -0.494 e. The molecule has 1 rings (SSSR count). The molecule has 0 spiro atoms. The molecule has 21 heavy (non-hydrogen) atoms. The number of amides is 1. The second kappa shape index (κ2) is 7.72. The Balaban J connectivity index is 2.34. The zero-order chi connectivity index (χ0) is 15.9. The zero-order valence-electron chi connectivity index (χ0n) is 11.5. The first-order valence-electron chi connectivity index (χ1n) is 6.19. The van der Waals surface area contributed by atoms with Crippen LogP contribution in [0.3, 0.4) is 0 Å².